The Hall–Kier alpha value is -2.76. The van der Waals surface area contributed by atoms with Gasteiger partial charge in [0.1, 0.15) is 17.6 Å². The number of carbonyl (C=O) groups excluding carboxylic acids is 2. The monoisotopic (exact) mass is 300 g/mol. The highest BCUT2D eigenvalue weighted by Gasteiger charge is 2.54. The summed E-state index contributed by atoms with van der Waals surface area (Å²) in [6, 6.07) is 6.82. The zero-order valence-electron chi connectivity index (χ0n) is 12.1. The van der Waals surface area contributed by atoms with Crippen LogP contribution in [0.25, 0.3) is 0 Å². The van der Waals surface area contributed by atoms with Crippen LogP contribution in [0.4, 0.5) is 4.79 Å². The Morgan fingerprint density at radius 1 is 1.36 bits per heavy atom. The summed E-state index contributed by atoms with van der Waals surface area (Å²) < 4.78 is 11.0. The van der Waals surface area contributed by atoms with E-state index in [0.29, 0.717) is 11.3 Å². The number of ether oxygens (including phenoxy) is 2. The molecule has 6 nitrogen and oxygen atoms in total. The molecular weight excluding hydrogens is 284 g/mol. The Labute approximate surface area is 127 Å². The van der Waals surface area contributed by atoms with Gasteiger partial charge in [-0.25, -0.2) is 4.79 Å². The van der Waals surface area contributed by atoms with Crippen molar-refractivity contribution in [2.45, 2.75) is 18.1 Å². The maximum atomic E-state index is 12.2. The molecule has 22 heavy (non-hydrogen) atoms. The van der Waals surface area contributed by atoms with Crippen molar-refractivity contribution < 1.29 is 19.1 Å². The number of hydrogen-bond donors (Lipinski definition) is 2. The maximum Gasteiger partial charge on any atom is 0.322 e. The molecule has 2 fully saturated rings. The van der Waals surface area contributed by atoms with E-state index in [-0.39, 0.29) is 12.2 Å². The predicted molar refractivity (Wildman–Crippen MR) is 79.1 cm³/mol. The molecule has 3 rings (SSSR count). The van der Waals surface area contributed by atoms with Crippen molar-refractivity contribution in [3.05, 3.63) is 54.3 Å². The number of rotatable bonds is 2. The van der Waals surface area contributed by atoms with E-state index in [4.69, 9.17) is 9.47 Å². The molecule has 0 saturated carbocycles. The first-order valence-electron chi connectivity index (χ1n) is 6.79. The van der Waals surface area contributed by atoms with Crippen LogP contribution < -0.4 is 15.4 Å². The summed E-state index contributed by atoms with van der Waals surface area (Å²) in [6.07, 6.45) is -0.187. The lowest BCUT2D eigenvalue weighted by atomic mass is 9.80. The number of nitrogens with one attached hydrogen (secondary N) is 2. The number of urea groups is 1. The van der Waals surface area contributed by atoms with Crippen LogP contribution in [0.3, 0.4) is 0 Å². The van der Waals surface area contributed by atoms with Gasteiger partial charge in [-0.05, 0) is 17.7 Å². The summed E-state index contributed by atoms with van der Waals surface area (Å²) in [4.78, 5) is 23.8. The van der Waals surface area contributed by atoms with Crippen LogP contribution in [0.2, 0.25) is 0 Å². The van der Waals surface area contributed by atoms with E-state index in [1.807, 2.05) is 24.3 Å². The number of benzene rings is 1. The summed E-state index contributed by atoms with van der Waals surface area (Å²) in [5.74, 6) is 0.543. The summed E-state index contributed by atoms with van der Waals surface area (Å²) in [5, 5.41) is 4.91. The number of amides is 3. The van der Waals surface area contributed by atoms with Gasteiger partial charge in [0, 0.05) is 12.0 Å². The third-order valence-corrected chi connectivity index (χ3v) is 4.04. The molecule has 1 aromatic carbocycles. The summed E-state index contributed by atoms with van der Waals surface area (Å²) in [5.41, 5.74) is -0.00325. The minimum Gasteiger partial charge on any atom is -0.497 e. The molecule has 0 aromatic heterocycles. The number of methoxy groups -OCH3 is 1. The second-order valence-electron chi connectivity index (χ2n) is 5.30. The molecule has 2 heterocycles. The molecule has 2 N–H and O–H groups in total. The molecule has 2 aliphatic heterocycles. The van der Waals surface area contributed by atoms with Gasteiger partial charge in [-0.15, -0.1) is 0 Å². The quantitative estimate of drug-likeness (QED) is 0.817. The van der Waals surface area contributed by atoms with E-state index >= 15 is 0 Å². The van der Waals surface area contributed by atoms with Crippen LogP contribution in [0.1, 0.15) is 18.1 Å². The second-order valence-corrected chi connectivity index (χ2v) is 5.30. The Morgan fingerprint density at radius 2 is 2.14 bits per heavy atom. The van der Waals surface area contributed by atoms with Gasteiger partial charge in [-0.2, -0.15) is 0 Å². The summed E-state index contributed by atoms with van der Waals surface area (Å²) in [7, 11) is 1.58. The highest BCUT2D eigenvalue weighted by Crippen LogP contribution is 2.43. The maximum absolute atomic E-state index is 12.2. The van der Waals surface area contributed by atoms with Crippen LogP contribution in [-0.4, -0.2) is 24.6 Å². The van der Waals surface area contributed by atoms with Crippen molar-refractivity contribution in [3.63, 3.8) is 0 Å². The third kappa shape index (κ3) is 2.04. The molecule has 0 aliphatic carbocycles. The van der Waals surface area contributed by atoms with E-state index in [9.17, 15) is 9.59 Å². The van der Waals surface area contributed by atoms with E-state index in [1.165, 1.54) is 0 Å². The number of hydrogen-bond acceptors (Lipinski definition) is 4. The molecule has 0 radical (unpaired) electrons. The fourth-order valence-corrected chi connectivity index (χ4v) is 2.80. The lowest BCUT2D eigenvalue weighted by Gasteiger charge is -2.38. The molecule has 6 heteroatoms. The van der Waals surface area contributed by atoms with Crippen molar-refractivity contribution in [3.8, 4) is 5.75 Å². The first-order valence-corrected chi connectivity index (χ1v) is 6.79. The lowest BCUT2D eigenvalue weighted by Crippen LogP contribution is -2.52. The first-order chi connectivity index (χ1) is 10.5. The predicted octanol–water partition coefficient (Wildman–Crippen LogP) is 1.80. The Morgan fingerprint density at radius 3 is 2.77 bits per heavy atom. The van der Waals surface area contributed by atoms with E-state index < -0.39 is 23.6 Å². The SMILES string of the molecule is C=C1OC(c2cccc(OC)c2)CC2(NC(=O)NC2=O)C1=C. The van der Waals surface area contributed by atoms with Crippen molar-refractivity contribution in [1.29, 1.82) is 0 Å². The first kappa shape index (κ1) is 14.2. The van der Waals surface area contributed by atoms with Crippen LogP contribution in [0, 0.1) is 0 Å². The standard InChI is InChI=1S/C16H16N2O4/c1-9-10(2)22-13(11-5-4-6-12(7-11)21-3)8-16(9)14(19)17-15(20)18-16/h4-7,13H,1-2,8H2,3H3,(H2,17,18,19,20). The van der Waals surface area contributed by atoms with Crippen LogP contribution in [0.5, 0.6) is 5.75 Å². The Bertz CT molecular complexity index is 697. The van der Waals surface area contributed by atoms with Crippen LogP contribution in [-0.2, 0) is 9.53 Å². The molecule has 2 aliphatic rings. The van der Waals surface area contributed by atoms with Crippen molar-refractivity contribution in [2.24, 2.45) is 0 Å². The van der Waals surface area contributed by atoms with Gasteiger partial charge >= 0.3 is 6.03 Å². The average Bonchev–Trinajstić information content (AvgIpc) is 2.79. The van der Waals surface area contributed by atoms with Gasteiger partial charge in [0.2, 0.25) is 0 Å². The van der Waals surface area contributed by atoms with Crippen LogP contribution in [0.15, 0.2) is 48.8 Å². The normalized spacial score (nSPS) is 27.4. The number of imide groups is 1. The molecule has 2 unspecified atom stereocenters. The van der Waals surface area contributed by atoms with Gasteiger partial charge in [0.05, 0.1) is 7.11 Å². The molecular formula is C16H16N2O4. The molecule has 114 valence electrons. The highest BCUT2D eigenvalue weighted by molar-refractivity contribution is 6.09. The zero-order valence-corrected chi connectivity index (χ0v) is 12.1. The van der Waals surface area contributed by atoms with Gasteiger partial charge in [0.15, 0.2) is 5.54 Å². The smallest absolute Gasteiger partial charge is 0.322 e. The average molecular weight is 300 g/mol. The zero-order chi connectivity index (χ0) is 15.9. The highest BCUT2D eigenvalue weighted by atomic mass is 16.5. The molecule has 3 amide bonds. The van der Waals surface area contributed by atoms with Gasteiger partial charge in [-0.1, -0.05) is 25.3 Å². The molecule has 1 spiro atoms. The topological polar surface area (TPSA) is 76.7 Å². The van der Waals surface area contributed by atoms with Gasteiger partial charge in [-0.3, -0.25) is 10.1 Å². The van der Waals surface area contributed by atoms with E-state index in [1.54, 1.807) is 7.11 Å². The summed E-state index contributed by atoms with van der Waals surface area (Å²) >= 11 is 0. The Balaban J connectivity index is 1.98. The minimum absolute atomic E-state index is 0.246. The molecule has 2 saturated heterocycles. The van der Waals surface area contributed by atoms with E-state index in [0.717, 1.165) is 5.56 Å². The Kier molecular flexibility index (Phi) is 3.16. The van der Waals surface area contributed by atoms with Crippen molar-refractivity contribution in [2.75, 3.05) is 7.11 Å². The number of carbonyl (C=O) groups is 2. The fraction of sp³-hybridized carbons (Fsp3) is 0.250. The second kappa shape index (κ2) is 4.91. The van der Waals surface area contributed by atoms with Gasteiger partial charge < -0.3 is 14.8 Å². The minimum atomic E-state index is -1.21. The lowest BCUT2D eigenvalue weighted by molar-refractivity contribution is -0.125. The van der Waals surface area contributed by atoms with Crippen molar-refractivity contribution >= 4 is 11.9 Å². The van der Waals surface area contributed by atoms with E-state index in [2.05, 4.69) is 23.8 Å². The molecule has 2 atom stereocenters. The summed E-state index contributed by atoms with van der Waals surface area (Å²) in [6.45, 7) is 7.66. The van der Waals surface area contributed by atoms with Gasteiger partial charge in [0.25, 0.3) is 5.91 Å². The van der Waals surface area contributed by atoms with Crippen molar-refractivity contribution in [1.82, 2.24) is 10.6 Å². The fourth-order valence-electron chi connectivity index (χ4n) is 2.80. The van der Waals surface area contributed by atoms with Crippen LogP contribution >= 0.6 is 0 Å². The molecule has 1 aromatic rings. The third-order valence-electron chi connectivity index (χ3n) is 4.04. The largest absolute Gasteiger partial charge is 0.497 e. The molecule has 0 bridgehead atoms.